The van der Waals surface area contributed by atoms with Gasteiger partial charge in [0.1, 0.15) is 5.76 Å². The van der Waals surface area contributed by atoms with Crippen molar-refractivity contribution in [1.29, 1.82) is 0 Å². The average Bonchev–Trinajstić information content (AvgIpc) is 3.08. The first-order chi connectivity index (χ1) is 14.1. The van der Waals surface area contributed by atoms with Gasteiger partial charge >= 0.3 is 0 Å². The molecule has 29 heavy (non-hydrogen) atoms. The van der Waals surface area contributed by atoms with Crippen LogP contribution in [0, 0.1) is 19.8 Å². The number of aryl methyl sites for hydroxylation is 2. The van der Waals surface area contributed by atoms with Crippen molar-refractivity contribution in [3.8, 4) is 11.5 Å². The highest BCUT2D eigenvalue weighted by Gasteiger charge is 2.26. The van der Waals surface area contributed by atoms with Crippen molar-refractivity contribution in [1.82, 2.24) is 15.2 Å². The maximum absolute atomic E-state index is 12.5. The van der Waals surface area contributed by atoms with Crippen LogP contribution in [0.15, 0.2) is 28.7 Å². The fourth-order valence-corrected chi connectivity index (χ4v) is 3.78. The smallest absolute Gasteiger partial charge is 0.226 e. The number of rotatable bonds is 9. The molecule has 1 N–H and O–H groups in total. The van der Waals surface area contributed by atoms with Gasteiger partial charge in [0.2, 0.25) is 11.8 Å². The maximum Gasteiger partial charge on any atom is 0.226 e. The summed E-state index contributed by atoms with van der Waals surface area (Å²) in [6.45, 7) is 10.6. The molecule has 0 unspecified atom stereocenters. The van der Waals surface area contributed by atoms with E-state index in [0.717, 1.165) is 62.5 Å². The summed E-state index contributed by atoms with van der Waals surface area (Å²) in [5.74, 6) is 1.72. The lowest BCUT2D eigenvalue weighted by Crippen LogP contribution is -2.43. The van der Waals surface area contributed by atoms with Crippen LogP contribution in [0.2, 0.25) is 0 Å². The van der Waals surface area contributed by atoms with Gasteiger partial charge in [0, 0.05) is 38.4 Å². The van der Waals surface area contributed by atoms with Crippen LogP contribution in [0.4, 0.5) is 0 Å². The molecule has 0 aliphatic carbocycles. The van der Waals surface area contributed by atoms with Gasteiger partial charge in [-0.2, -0.15) is 0 Å². The molecule has 1 aliphatic heterocycles. The Bertz CT molecular complexity index is 802. The molecular weight excluding hydrogens is 366 g/mol. The zero-order valence-corrected chi connectivity index (χ0v) is 17.9. The summed E-state index contributed by atoms with van der Waals surface area (Å²) in [5.41, 5.74) is 3.15. The van der Waals surface area contributed by atoms with Crippen molar-refractivity contribution in [3.63, 3.8) is 0 Å². The van der Waals surface area contributed by atoms with Crippen LogP contribution in [0.3, 0.4) is 0 Å². The molecule has 0 radical (unpaired) electrons. The number of nitrogens with zero attached hydrogens (tertiary/aromatic N) is 2. The summed E-state index contributed by atoms with van der Waals surface area (Å²) in [4.78, 5) is 19.6. The first-order valence-electron chi connectivity index (χ1n) is 10.7. The number of nitrogens with one attached hydrogen (secondary N) is 1. The quantitative estimate of drug-likeness (QED) is 0.651. The third-order valence-corrected chi connectivity index (χ3v) is 5.38. The zero-order valence-electron chi connectivity index (χ0n) is 17.9. The molecule has 1 atom stereocenters. The lowest BCUT2D eigenvalue weighted by Gasteiger charge is -2.31. The minimum absolute atomic E-state index is 0.0410. The largest absolute Gasteiger partial charge is 0.441 e. The van der Waals surface area contributed by atoms with Crippen LogP contribution < -0.4 is 5.32 Å². The van der Waals surface area contributed by atoms with E-state index in [-0.39, 0.29) is 11.8 Å². The van der Waals surface area contributed by atoms with E-state index in [4.69, 9.17) is 14.1 Å². The zero-order chi connectivity index (χ0) is 20.6. The second-order valence-corrected chi connectivity index (χ2v) is 7.81. The molecule has 1 aliphatic rings. The van der Waals surface area contributed by atoms with Gasteiger partial charge in [-0.3, -0.25) is 9.69 Å². The number of carbonyl (C=O) groups is 1. The summed E-state index contributed by atoms with van der Waals surface area (Å²) >= 11 is 0. The summed E-state index contributed by atoms with van der Waals surface area (Å²) in [5, 5.41) is 3.06. The van der Waals surface area contributed by atoms with Crippen molar-refractivity contribution in [2.75, 3.05) is 32.8 Å². The molecule has 158 valence electrons. The molecule has 6 nitrogen and oxygen atoms in total. The first kappa shape index (κ1) is 21.5. The average molecular weight is 400 g/mol. The summed E-state index contributed by atoms with van der Waals surface area (Å²) in [6, 6.07) is 8.19. The van der Waals surface area contributed by atoms with E-state index in [1.807, 2.05) is 26.0 Å². The Morgan fingerprint density at radius 3 is 3.03 bits per heavy atom. The van der Waals surface area contributed by atoms with Gasteiger partial charge in [-0.05, 0) is 58.7 Å². The monoisotopic (exact) mass is 399 g/mol. The van der Waals surface area contributed by atoms with Crippen molar-refractivity contribution >= 4 is 5.91 Å². The number of carbonyl (C=O) groups excluding carboxylic acids is 1. The number of hydrogen-bond acceptors (Lipinski definition) is 5. The number of oxazole rings is 1. The SMILES string of the molecule is CCOCCCNC(=O)[C@@H]1CCCN(Cc2nc(-c3cccc(C)c3)oc2C)C1. The van der Waals surface area contributed by atoms with Crippen molar-refractivity contribution in [2.45, 2.75) is 46.6 Å². The van der Waals surface area contributed by atoms with Gasteiger partial charge < -0.3 is 14.5 Å². The minimum atomic E-state index is 0.0410. The number of hydrogen-bond donors (Lipinski definition) is 1. The molecule has 1 amide bonds. The predicted molar refractivity (Wildman–Crippen MR) is 114 cm³/mol. The normalized spacial score (nSPS) is 17.4. The summed E-state index contributed by atoms with van der Waals surface area (Å²) < 4.78 is 11.2. The minimum Gasteiger partial charge on any atom is -0.441 e. The lowest BCUT2D eigenvalue weighted by molar-refractivity contribution is -0.126. The fraction of sp³-hybridized carbons (Fsp3) is 0.565. The Balaban J connectivity index is 1.54. The standard InChI is InChI=1S/C23H33N3O3/c1-4-28-13-7-11-24-22(27)20-10-6-12-26(15-20)16-21-18(3)29-23(25-21)19-9-5-8-17(2)14-19/h5,8-9,14,20H,4,6-7,10-13,15-16H2,1-3H3,(H,24,27)/t20-/m1/s1. The van der Waals surface area contributed by atoms with Crippen molar-refractivity contribution < 1.29 is 13.9 Å². The van der Waals surface area contributed by atoms with Gasteiger partial charge in [-0.1, -0.05) is 17.7 Å². The van der Waals surface area contributed by atoms with E-state index in [9.17, 15) is 4.79 Å². The highest BCUT2D eigenvalue weighted by molar-refractivity contribution is 5.78. The van der Waals surface area contributed by atoms with Crippen LogP contribution in [0.25, 0.3) is 11.5 Å². The number of piperidine rings is 1. The molecular formula is C23H33N3O3. The van der Waals surface area contributed by atoms with E-state index < -0.39 is 0 Å². The van der Waals surface area contributed by atoms with Crippen LogP contribution in [-0.2, 0) is 16.1 Å². The molecule has 2 heterocycles. The predicted octanol–water partition coefficient (Wildman–Crippen LogP) is 3.71. The highest BCUT2D eigenvalue weighted by atomic mass is 16.5. The molecule has 1 aromatic heterocycles. The first-order valence-corrected chi connectivity index (χ1v) is 10.7. The number of likely N-dealkylation sites (tertiary alicyclic amines) is 1. The van der Waals surface area contributed by atoms with Crippen molar-refractivity contribution in [2.24, 2.45) is 5.92 Å². The second-order valence-electron chi connectivity index (χ2n) is 7.81. The van der Waals surface area contributed by atoms with Gasteiger partial charge in [0.05, 0.1) is 11.6 Å². The van der Waals surface area contributed by atoms with E-state index in [2.05, 4.69) is 29.3 Å². The van der Waals surface area contributed by atoms with E-state index in [1.165, 1.54) is 5.56 Å². The molecule has 0 saturated carbocycles. The van der Waals surface area contributed by atoms with E-state index >= 15 is 0 Å². The second kappa shape index (κ2) is 10.6. The third kappa shape index (κ3) is 6.15. The Kier molecular flexibility index (Phi) is 7.83. The van der Waals surface area contributed by atoms with Crippen LogP contribution in [0.5, 0.6) is 0 Å². The van der Waals surface area contributed by atoms with Crippen molar-refractivity contribution in [3.05, 3.63) is 41.3 Å². The molecule has 2 aromatic rings. The molecule has 6 heteroatoms. The molecule has 3 rings (SSSR count). The molecule has 1 saturated heterocycles. The third-order valence-electron chi connectivity index (χ3n) is 5.38. The van der Waals surface area contributed by atoms with Gasteiger partial charge in [-0.15, -0.1) is 0 Å². The molecule has 1 aromatic carbocycles. The molecule has 0 spiro atoms. The summed E-state index contributed by atoms with van der Waals surface area (Å²) in [7, 11) is 0. The summed E-state index contributed by atoms with van der Waals surface area (Å²) in [6.07, 6.45) is 2.83. The van der Waals surface area contributed by atoms with Gasteiger partial charge in [-0.25, -0.2) is 4.98 Å². The number of benzene rings is 1. The van der Waals surface area contributed by atoms with Crippen LogP contribution >= 0.6 is 0 Å². The Morgan fingerprint density at radius 2 is 2.24 bits per heavy atom. The maximum atomic E-state index is 12.5. The van der Waals surface area contributed by atoms with Gasteiger partial charge in [0.25, 0.3) is 0 Å². The van der Waals surface area contributed by atoms with E-state index in [1.54, 1.807) is 0 Å². The Labute approximate surface area is 173 Å². The molecule has 0 bridgehead atoms. The lowest BCUT2D eigenvalue weighted by atomic mass is 9.97. The topological polar surface area (TPSA) is 67.6 Å². The Hall–Kier alpha value is -2.18. The number of ether oxygens (including phenoxy) is 1. The van der Waals surface area contributed by atoms with Crippen LogP contribution in [-0.4, -0.2) is 48.6 Å². The fourth-order valence-electron chi connectivity index (χ4n) is 3.78. The van der Waals surface area contributed by atoms with Crippen LogP contribution in [0.1, 0.15) is 43.2 Å². The van der Waals surface area contributed by atoms with E-state index in [0.29, 0.717) is 19.0 Å². The number of aromatic nitrogens is 1. The number of amides is 1. The Morgan fingerprint density at radius 1 is 1.38 bits per heavy atom. The van der Waals surface area contributed by atoms with Gasteiger partial charge in [0.15, 0.2) is 0 Å². The molecule has 1 fully saturated rings. The highest BCUT2D eigenvalue weighted by Crippen LogP contribution is 2.25.